The average molecular weight is 268 g/mol. The zero-order valence-corrected chi connectivity index (χ0v) is 10.5. The lowest BCUT2D eigenvalue weighted by Crippen LogP contribution is -1.83. The highest BCUT2D eigenvalue weighted by atomic mass is 35.5. The van der Waals surface area contributed by atoms with Crippen LogP contribution in [0.5, 0.6) is 0 Å². The lowest BCUT2D eigenvalue weighted by atomic mass is 10.2. The number of fused-ring (bicyclic) bond motifs is 3. The molecule has 0 amide bonds. The van der Waals surface area contributed by atoms with Gasteiger partial charge in [0.2, 0.25) is 0 Å². The first kappa shape index (κ1) is 10.3. The van der Waals surface area contributed by atoms with Crippen molar-refractivity contribution in [2.45, 2.75) is 5.88 Å². The first-order valence-electron chi connectivity index (χ1n) is 4.82. The van der Waals surface area contributed by atoms with Gasteiger partial charge in [-0.2, -0.15) is 0 Å². The summed E-state index contributed by atoms with van der Waals surface area (Å²) < 4.78 is 2.24. The quantitative estimate of drug-likeness (QED) is 0.575. The smallest absolute Gasteiger partial charge is 0.0903 e. The van der Waals surface area contributed by atoms with Crippen LogP contribution in [-0.2, 0) is 5.88 Å². The molecule has 0 saturated carbocycles. The van der Waals surface area contributed by atoms with Gasteiger partial charge in [-0.3, -0.25) is 4.98 Å². The highest BCUT2D eigenvalue weighted by Crippen LogP contribution is 2.38. The summed E-state index contributed by atoms with van der Waals surface area (Å²) in [7, 11) is 0. The van der Waals surface area contributed by atoms with E-state index in [1.165, 1.54) is 4.70 Å². The molecule has 0 atom stereocenters. The molecule has 0 radical (unpaired) electrons. The average Bonchev–Trinajstić information content (AvgIpc) is 2.69. The highest BCUT2D eigenvalue weighted by molar-refractivity contribution is 7.26. The summed E-state index contributed by atoms with van der Waals surface area (Å²) in [4.78, 5) is 4.44. The van der Waals surface area contributed by atoms with Crippen LogP contribution in [0.1, 0.15) is 5.56 Å². The van der Waals surface area contributed by atoms with Gasteiger partial charge in [0.05, 0.1) is 21.1 Å². The normalized spacial score (nSPS) is 11.4. The standard InChI is InChI=1S/C12H7Cl2NS/c13-5-7-6-15-11-8-3-1-2-4-9(8)16-12(11)10(7)14/h1-4,6H,5H2. The molecule has 0 bridgehead atoms. The third kappa shape index (κ3) is 1.41. The van der Waals surface area contributed by atoms with E-state index >= 15 is 0 Å². The fourth-order valence-electron chi connectivity index (χ4n) is 1.75. The Morgan fingerprint density at radius 1 is 1.25 bits per heavy atom. The van der Waals surface area contributed by atoms with E-state index < -0.39 is 0 Å². The molecule has 1 nitrogen and oxygen atoms in total. The van der Waals surface area contributed by atoms with Crippen molar-refractivity contribution in [2.24, 2.45) is 0 Å². The molecule has 80 valence electrons. The molecular weight excluding hydrogens is 261 g/mol. The zero-order valence-electron chi connectivity index (χ0n) is 8.21. The van der Waals surface area contributed by atoms with E-state index in [1.807, 2.05) is 12.1 Å². The fraction of sp³-hybridized carbons (Fsp3) is 0.0833. The van der Waals surface area contributed by atoms with Gasteiger partial charge in [0.1, 0.15) is 0 Å². The minimum Gasteiger partial charge on any atom is -0.254 e. The predicted molar refractivity (Wildman–Crippen MR) is 71.7 cm³/mol. The van der Waals surface area contributed by atoms with Crippen LogP contribution in [0.3, 0.4) is 0 Å². The lowest BCUT2D eigenvalue weighted by molar-refractivity contribution is 1.31. The molecule has 16 heavy (non-hydrogen) atoms. The van der Waals surface area contributed by atoms with E-state index in [0.717, 1.165) is 26.2 Å². The molecule has 1 aromatic carbocycles. The Balaban J connectivity index is 2.49. The molecule has 0 aliphatic carbocycles. The summed E-state index contributed by atoms with van der Waals surface area (Å²) in [5.41, 5.74) is 1.86. The molecule has 3 aromatic rings. The Bertz CT molecular complexity index is 675. The van der Waals surface area contributed by atoms with Gasteiger partial charge in [0, 0.05) is 21.8 Å². The van der Waals surface area contributed by atoms with E-state index in [9.17, 15) is 0 Å². The number of hydrogen-bond donors (Lipinski definition) is 0. The van der Waals surface area contributed by atoms with Gasteiger partial charge in [0.25, 0.3) is 0 Å². The van der Waals surface area contributed by atoms with Crippen LogP contribution in [0, 0.1) is 0 Å². The monoisotopic (exact) mass is 267 g/mol. The Morgan fingerprint density at radius 3 is 2.88 bits per heavy atom. The Morgan fingerprint density at radius 2 is 2.06 bits per heavy atom. The Kier molecular flexibility index (Phi) is 2.51. The van der Waals surface area contributed by atoms with Crippen LogP contribution in [-0.4, -0.2) is 4.98 Å². The van der Waals surface area contributed by atoms with Crippen molar-refractivity contribution in [1.82, 2.24) is 4.98 Å². The molecule has 0 N–H and O–H groups in total. The lowest BCUT2D eigenvalue weighted by Gasteiger charge is -1.99. The van der Waals surface area contributed by atoms with Crippen molar-refractivity contribution < 1.29 is 0 Å². The molecule has 0 fully saturated rings. The summed E-state index contributed by atoms with van der Waals surface area (Å²) >= 11 is 13.8. The van der Waals surface area contributed by atoms with Crippen molar-refractivity contribution in [3.05, 3.63) is 41.0 Å². The second kappa shape index (κ2) is 3.88. The number of thiophene rings is 1. The molecule has 4 heteroatoms. The molecule has 0 aliphatic rings. The van der Waals surface area contributed by atoms with Crippen molar-refractivity contribution in [3.63, 3.8) is 0 Å². The second-order valence-corrected chi connectivity index (χ2v) is 5.20. The molecule has 2 heterocycles. The third-order valence-electron chi connectivity index (χ3n) is 2.54. The molecular formula is C12H7Cl2NS. The first-order valence-corrected chi connectivity index (χ1v) is 6.54. The van der Waals surface area contributed by atoms with Gasteiger partial charge >= 0.3 is 0 Å². The van der Waals surface area contributed by atoms with Gasteiger partial charge in [-0.1, -0.05) is 29.8 Å². The number of hydrogen-bond acceptors (Lipinski definition) is 2. The van der Waals surface area contributed by atoms with Crippen LogP contribution in [0.15, 0.2) is 30.5 Å². The van der Waals surface area contributed by atoms with Crippen LogP contribution in [0.25, 0.3) is 20.3 Å². The summed E-state index contributed by atoms with van der Waals surface area (Å²) in [6, 6.07) is 8.18. The van der Waals surface area contributed by atoms with Crippen LogP contribution >= 0.6 is 34.5 Å². The SMILES string of the molecule is ClCc1cnc2c(sc3ccccc32)c1Cl. The zero-order chi connectivity index (χ0) is 11.1. The number of alkyl halides is 1. The van der Waals surface area contributed by atoms with Crippen molar-refractivity contribution >= 4 is 54.8 Å². The van der Waals surface area contributed by atoms with Gasteiger partial charge in [0.15, 0.2) is 0 Å². The van der Waals surface area contributed by atoms with Crippen molar-refractivity contribution in [1.29, 1.82) is 0 Å². The minimum absolute atomic E-state index is 0.399. The minimum atomic E-state index is 0.399. The van der Waals surface area contributed by atoms with Gasteiger partial charge in [-0.05, 0) is 6.07 Å². The van der Waals surface area contributed by atoms with E-state index in [1.54, 1.807) is 17.5 Å². The highest BCUT2D eigenvalue weighted by Gasteiger charge is 2.11. The molecule has 0 aliphatic heterocycles. The number of rotatable bonds is 1. The van der Waals surface area contributed by atoms with Crippen LogP contribution in [0.4, 0.5) is 0 Å². The third-order valence-corrected chi connectivity index (χ3v) is 4.55. The number of nitrogens with zero attached hydrogens (tertiary/aromatic N) is 1. The van der Waals surface area contributed by atoms with Gasteiger partial charge < -0.3 is 0 Å². The van der Waals surface area contributed by atoms with E-state index in [2.05, 4.69) is 17.1 Å². The summed E-state index contributed by atoms with van der Waals surface area (Å²) in [6.45, 7) is 0. The predicted octanol–water partition coefficient (Wildman–Crippen LogP) is 4.84. The summed E-state index contributed by atoms with van der Waals surface area (Å²) in [5, 5.41) is 1.90. The van der Waals surface area contributed by atoms with Crippen molar-refractivity contribution in [3.8, 4) is 0 Å². The summed E-state index contributed by atoms with van der Waals surface area (Å²) in [5.74, 6) is 0.399. The number of halogens is 2. The molecule has 0 saturated heterocycles. The van der Waals surface area contributed by atoms with E-state index in [4.69, 9.17) is 23.2 Å². The Labute approximate surface area is 107 Å². The fourth-order valence-corrected chi connectivity index (χ4v) is 3.46. The number of aromatic nitrogens is 1. The van der Waals surface area contributed by atoms with Gasteiger partial charge in [-0.25, -0.2) is 0 Å². The molecule has 3 rings (SSSR count). The van der Waals surface area contributed by atoms with E-state index in [-0.39, 0.29) is 0 Å². The first-order chi connectivity index (χ1) is 7.81. The molecule has 0 unspecified atom stereocenters. The van der Waals surface area contributed by atoms with Crippen molar-refractivity contribution in [2.75, 3.05) is 0 Å². The number of pyridine rings is 1. The Hall–Kier alpha value is -0.830. The van der Waals surface area contributed by atoms with Crippen LogP contribution < -0.4 is 0 Å². The maximum Gasteiger partial charge on any atom is 0.0903 e. The molecule has 0 spiro atoms. The number of benzene rings is 1. The van der Waals surface area contributed by atoms with E-state index in [0.29, 0.717) is 5.88 Å². The second-order valence-electron chi connectivity index (χ2n) is 3.51. The summed E-state index contributed by atoms with van der Waals surface area (Å²) in [6.07, 6.45) is 1.76. The maximum atomic E-state index is 6.30. The largest absolute Gasteiger partial charge is 0.254 e. The molecule has 2 aromatic heterocycles. The topological polar surface area (TPSA) is 12.9 Å². The van der Waals surface area contributed by atoms with Gasteiger partial charge in [-0.15, -0.1) is 22.9 Å². The van der Waals surface area contributed by atoms with Crippen LogP contribution in [0.2, 0.25) is 5.02 Å². The maximum absolute atomic E-state index is 6.30.